The molecule has 1 aromatic heterocycles. The number of benzene rings is 3. The molecule has 0 saturated carbocycles. The zero-order chi connectivity index (χ0) is 22.2. The summed E-state index contributed by atoms with van der Waals surface area (Å²) in [7, 11) is 1.90. The SMILES string of the molecule is Cc1ccc(N2C(=O)/C(=C/c3ccc4c(cnn4C)c3)SC2=Nc2ccc(F)cc2)cc1. The van der Waals surface area contributed by atoms with Crippen LogP contribution in [0.4, 0.5) is 15.8 Å². The fourth-order valence-corrected chi connectivity index (χ4v) is 4.52. The van der Waals surface area contributed by atoms with Crippen molar-refractivity contribution in [3.05, 3.63) is 94.8 Å². The molecule has 1 fully saturated rings. The maximum absolute atomic E-state index is 13.4. The number of amides is 1. The van der Waals surface area contributed by atoms with Crippen LogP contribution in [-0.2, 0) is 11.8 Å². The van der Waals surface area contributed by atoms with Crippen LogP contribution in [0.1, 0.15) is 11.1 Å². The van der Waals surface area contributed by atoms with Crippen molar-refractivity contribution in [3.8, 4) is 0 Å². The maximum atomic E-state index is 13.4. The molecule has 7 heteroatoms. The summed E-state index contributed by atoms with van der Waals surface area (Å²) in [5, 5.41) is 5.81. The third-order valence-electron chi connectivity index (χ3n) is 5.22. The molecule has 4 aromatic rings. The normalized spacial score (nSPS) is 16.6. The molecule has 0 aliphatic carbocycles. The first kappa shape index (κ1) is 20.2. The number of nitrogens with zero attached hydrogens (tertiary/aromatic N) is 4. The predicted molar refractivity (Wildman–Crippen MR) is 128 cm³/mol. The molecule has 5 rings (SSSR count). The fraction of sp³-hybridized carbons (Fsp3) is 0.0800. The van der Waals surface area contributed by atoms with E-state index in [0.717, 1.165) is 27.7 Å². The molecule has 158 valence electrons. The molecule has 1 saturated heterocycles. The van der Waals surface area contributed by atoms with Gasteiger partial charge in [0.25, 0.3) is 5.91 Å². The standard InChI is InChI=1S/C25H19FN4OS/c1-16-3-10-21(11-4-16)30-24(31)23(32-25(30)28-20-8-6-19(26)7-9-20)14-17-5-12-22-18(13-17)15-27-29(22)2/h3-15H,1-2H3/b23-14-,28-25?. The topological polar surface area (TPSA) is 50.5 Å². The first-order valence-electron chi connectivity index (χ1n) is 10.0. The number of aryl methyl sites for hydroxylation is 2. The van der Waals surface area contributed by atoms with Gasteiger partial charge < -0.3 is 0 Å². The van der Waals surface area contributed by atoms with Gasteiger partial charge in [-0.15, -0.1) is 0 Å². The lowest BCUT2D eigenvalue weighted by Gasteiger charge is -2.16. The average molecular weight is 443 g/mol. The van der Waals surface area contributed by atoms with Gasteiger partial charge in [0.05, 0.1) is 28.0 Å². The van der Waals surface area contributed by atoms with Crippen LogP contribution in [0.15, 0.2) is 82.8 Å². The minimum absolute atomic E-state index is 0.147. The number of amidine groups is 1. The Morgan fingerprint density at radius 1 is 1.03 bits per heavy atom. The first-order chi connectivity index (χ1) is 15.5. The summed E-state index contributed by atoms with van der Waals surface area (Å²) in [6.07, 6.45) is 3.68. The Hall–Kier alpha value is -3.71. The summed E-state index contributed by atoms with van der Waals surface area (Å²) >= 11 is 1.30. The van der Waals surface area contributed by atoms with Gasteiger partial charge in [0, 0.05) is 12.4 Å². The Morgan fingerprint density at radius 2 is 1.78 bits per heavy atom. The van der Waals surface area contributed by atoms with Crippen LogP contribution in [0.25, 0.3) is 17.0 Å². The van der Waals surface area contributed by atoms with E-state index in [1.54, 1.807) is 23.2 Å². The lowest BCUT2D eigenvalue weighted by atomic mass is 10.1. The molecule has 32 heavy (non-hydrogen) atoms. The minimum Gasteiger partial charge on any atom is -0.268 e. The van der Waals surface area contributed by atoms with Crippen molar-refractivity contribution >= 4 is 51.2 Å². The number of aliphatic imine (C=N–C) groups is 1. The predicted octanol–water partition coefficient (Wildman–Crippen LogP) is 5.83. The number of fused-ring (bicyclic) bond motifs is 1. The van der Waals surface area contributed by atoms with Gasteiger partial charge in [-0.3, -0.25) is 14.4 Å². The molecule has 1 amide bonds. The molecule has 3 aromatic carbocycles. The van der Waals surface area contributed by atoms with Crippen molar-refractivity contribution < 1.29 is 9.18 Å². The van der Waals surface area contributed by atoms with E-state index in [9.17, 15) is 9.18 Å². The molecule has 0 spiro atoms. The van der Waals surface area contributed by atoms with E-state index in [4.69, 9.17) is 0 Å². The van der Waals surface area contributed by atoms with E-state index in [0.29, 0.717) is 15.8 Å². The summed E-state index contributed by atoms with van der Waals surface area (Å²) in [5.74, 6) is -0.475. The molecule has 0 unspecified atom stereocenters. The highest BCUT2D eigenvalue weighted by molar-refractivity contribution is 8.19. The number of hydrogen-bond donors (Lipinski definition) is 0. The second-order valence-electron chi connectivity index (χ2n) is 7.54. The maximum Gasteiger partial charge on any atom is 0.271 e. The largest absolute Gasteiger partial charge is 0.271 e. The highest BCUT2D eigenvalue weighted by Gasteiger charge is 2.34. The molecular formula is C25H19FN4OS. The number of thioether (sulfide) groups is 1. The Bertz CT molecular complexity index is 1390. The van der Waals surface area contributed by atoms with Crippen molar-refractivity contribution in [2.75, 3.05) is 4.90 Å². The number of hydrogen-bond acceptors (Lipinski definition) is 4. The van der Waals surface area contributed by atoms with Crippen LogP contribution in [0.5, 0.6) is 0 Å². The number of anilines is 1. The third-order valence-corrected chi connectivity index (χ3v) is 6.19. The van der Waals surface area contributed by atoms with E-state index < -0.39 is 0 Å². The van der Waals surface area contributed by atoms with E-state index >= 15 is 0 Å². The molecule has 5 nitrogen and oxygen atoms in total. The smallest absolute Gasteiger partial charge is 0.268 e. The minimum atomic E-state index is -0.328. The first-order valence-corrected chi connectivity index (χ1v) is 10.9. The lowest BCUT2D eigenvalue weighted by Crippen LogP contribution is -2.28. The Balaban J connectivity index is 1.56. The Morgan fingerprint density at radius 3 is 2.53 bits per heavy atom. The molecule has 2 heterocycles. The molecule has 0 bridgehead atoms. The van der Waals surface area contributed by atoms with Crippen LogP contribution in [0.3, 0.4) is 0 Å². The van der Waals surface area contributed by atoms with Gasteiger partial charge in [0.2, 0.25) is 0 Å². The second kappa shape index (κ2) is 8.09. The molecular weight excluding hydrogens is 423 g/mol. The summed E-state index contributed by atoms with van der Waals surface area (Å²) in [6.45, 7) is 2.00. The van der Waals surface area contributed by atoms with Crippen molar-refractivity contribution in [1.29, 1.82) is 0 Å². The highest BCUT2D eigenvalue weighted by Crippen LogP contribution is 2.37. The zero-order valence-corrected chi connectivity index (χ0v) is 18.3. The Kier molecular flexibility index (Phi) is 5.11. The van der Waals surface area contributed by atoms with Gasteiger partial charge in [-0.2, -0.15) is 5.10 Å². The molecule has 0 atom stereocenters. The number of carbonyl (C=O) groups excluding carboxylic acids is 1. The molecule has 0 N–H and O–H groups in total. The van der Waals surface area contributed by atoms with Crippen molar-refractivity contribution in [3.63, 3.8) is 0 Å². The van der Waals surface area contributed by atoms with Crippen molar-refractivity contribution in [2.24, 2.45) is 12.0 Å². The van der Waals surface area contributed by atoms with E-state index in [-0.39, 0.29) is 11.7 Å². The van der Waals surface area contributed by atoms with Crippen LogP contribution in [0.2, 0.25) is 0 Å². The third kappa shape index (κ3) is 3.83. The summed E-state index contributed by atoms with van der Waals surface area (Å²) < 4.78 is 15.1. The second-order valence-corrected chi connectivity index (χ2v) is 8.55. The van der Waals surface area contributed by atoms with Gasteiger partial charge in [0.15, 0.2) is 5.17 Å². The van der Waals surface area contributed by atoms with Crippen molar-refractivity contribution in [1.82, 2.24) is 9.78 Å². The van der Waals surface area contributed by atoms with Crippen LogP contribution in [0, 0.1) is 12.7 Å². The molecule has 0 radical (unpaired) electrons. The summed E-state index contributed by atoms with van der Waals surface area (Å²) in [4.78, 5) is 20.2. The van der Waals surface area contributed by atoms with Crippen LogP contribution < -0.4 is 4.90 Å². The van der Waals surface area contributed by atoms with Gasteiger partial charge >= 0.3 is 0 Å². The van der Waals surface area contributed by atoms with Crippen LogP contribution >= 0.6 is 11.8 Å². The number of halogens is 1. The quantitative estimate of drug-likeness (QED) is 0.375. The molecule has 1 aliphatic heterocycles. The number of aromatic nitrogens is 2. The van der Waals surface area contributed by atoms with Crippen LogP contribution in [-0.4, -0.2) is 20.9 Å². The highest BCUT2D eigenvalue weighted by atomic mass is 32.2. The fourth-order valence-electron chi connectivity index (χ4n) is 3.52. The Labute approximate surface area is 188 Å². The van der Waals surface area contributed by atoms with Crippen molar-refractivity contribution in [2.45, 2.75) is 6.92 Å². The number of carbonyl (C=O) groups is 1. The monoisotopic (exact) mass is 442 g/mol. The summed E-state index contributed by atoms with van der Waals surface area (Å²) in [5.41, 5.74) is 4.35. The van der Waals surface area contributed by atoms with Gasteiger partial charge in [0.1, 0.15) is 5.82 Å². The zero-order valence-electron chi connectivity index (χ0n) is 17.5. The van der Waals surface area contributed by atoms with E-state index in [2.05, 4.69) is 10.1 Å². The summed E-state index contributed by atoms with van der Waals surface area (Å²) in [6, 6.07) is 19.6. The van der Waals surface area contributed by atoms with Gasteiger partial charge in [-0.1, -0.05) is 23.8 Å². The van der Waals surface area contributed by atoms with E-state index in [1.165, 1.54) is 23.9 Å². The van der Waals surface area contributed by atoms with Gasteiger partial charge in [-0.25, -0.2) is 9.38 Å². The van der Waals surface area contributed by atoms with Gasteiger partial charge in [-0.05, 0) is 78.9 Å². The number of rotatable bonds is 3. The molecule has 1 aliphatic rings. The average Bonchev–Trinajstić information content (AvgIpc) is 3.30. The van der Waals surface area contributed by atoms with E-state index in [1.807, 2.05) is 67.2 Å². The lowest BCUT2D eigenvalue weighted by molar-refractivity contribution is -0.113.